The van der Waals surface area contributed by atoms with Crippen LogP contribution in [0.4, 0.5) is 5.69 Å². The van der Waals surface area contributed by atoms with Crippen molar-refractivity contribution in [3.63, 3.8) is 0 Å². The summed E-state index contributed by atoms with van der Waals surface area (Å²) in [4.78, 5) is 11.6. The number of benzene rings is 2. The summed E-state index contributed by atoms with van der Waals surface area (Å²) >= 11 is 0. The first-order valence-electron chi connectivity index (χ1n) is 9.33. The summed E-state index contributed by atoms with van der Waals surface area (Å²) in [5, 5.41) is 15.4. The van der Waals surface area contributed by atoms with E-state index >= 15 is 0 Å². The molecule has 0 aliphatic rings. The number of amides is 1. The number of unbranched alkanes of at least 4 members (excludes halogenated alkanes) is 6. The SMILES string of the molecule is CCCCCCCCCC(=O)Nc1ccc2c([O-])cc(S(=O)(=O)O)cc2c1.[Na+]. The molecule has 2 aromatic carbocycles. The van der Waals surface area contributed by atoms with Gasteiger partial charge < -0.3 is 10.4 Å². The Labute approximate surface area is 188 Å². The zero-order chi connectivity index (χ0) is 19.9. The molecule has 0 spiro atoms. The van der Waals surface area contributed by atoms with Crippen LogP contribution in [0.3, 0.4) is 0 Å². The van der Waals surface area contributed by atoms with E-state index in [1.165, 1.54) is 43.9 Å². The maximum Gasteiger partial charge on any atom is 1.00 e. The summed E-state index contributed by atoms with van der Waals surface area (Å²) in [5.74, 6) is -0.614. The fraction of sp³-hybridized carbons (Fsp3) is 0.450. The van der Waals surface area contributed by atoms with Gasteiger partial charge in [-0.25, -0.2) is 0 Å². The largest absolute Gasteiger partial charge is 1.00 e. The predicted molar refractivity (Wildman–Crippen MR) is 104 cm³/mol. The normalized spacial score (nSPS) is 11.2. The van der Waals surface area contributed by atoms with E-state index in [1.807, 2.05) is 0 Å². The second-order valence-corrected chi connectivity index (χ2v) is 8.17. The van der Waals surface area contributed by atoms with Crippen LogP contribution in [0.1, 0.15) is 58.3 Å². The van der Waals surface area contributed by atoms with Gasteiger partial charge in [0, 0.05) is 12.1 Å². The Bertz CT molecular complexity index is 899. The topological polar surface area (TPSA) is 107 Å². The minimum atomic E-state index is -4.46. The van der Waals surface area contributed by atoms with Gasteiger partial charge in [-0.2, -0.15) is 8.42 Å². The molecule has 2 rings (SSSR count). The standard InChI is InChI=1S/C20H27NO5S.Na/c1-2-3-4-5-6-7-8-9-20(23)21-16-10-11-18-15(12-16)13-17(14-19(18)22)27(24,25)26;/h10-14,22H,2-9H2,1H3,(H,21,23)(H,24,25,26);/q;+1/p-1. The molecule has 148 valence electrons. The van der Waals surface area contributed by atoms with Gasteiger partial charge >= 0.3 is 29.6 Å². The summed E-state index contributed by atoms with van der Waals surface area (Å²) in [6.07, 6.45) is 8.31. The van der Waals surface area contributed by atoms with Gasteiger partial charge in [-0.15, -0.1) is 0 Å². The Kier molecular flexibility index (Phi) is 10.5. The molecule has 2 N–H and O–H groups in total. The molecule has 0 aliphatic heterocycles. The maximum absolute atomic E-state index is 12.1. The molecule has 0 aliphatic carbocycles. The van der Waals surface area contributed by atoms with E-state index in [0.29, 0.717) is 22.9 Å². The first-order chi connectivity index (χ1) is 12.8. The van der Waals surface area contributed by atoms with Gasteiger partial charge in [0.05, 0.1) is 4.90 Å². The van der Waals surface area contributed by atoms with Crippen molar-refractivity contribution in [2.75, 3.05) is 5.32 Å². The molecule has 8 heteroatoms. The van der Waals surface area contributed by atoms with Crippen molar-refractivity contribution in [1.29, 1.82) is 0 Å². The zero-order valence-corrected chi connectivity index (χ0v) is 19.3. The molecule has 0 aromatic heterocycles. The molecule has 6 nitrogen and oxygen atoms in total. The smallest absolute Gasteiger partial charge is 0.872 e. The van der Waals surface area contributed by atoms with Crippen LogP contribution < -0.4 is 40.0 Å². The Balaban J connectivity index is 0.00000392. The molecule has 0 saturated heterocycles. The van der Waals surface area contributed by atoms with Gasteiger partial charge in [0.15, 0.2) is 0 Å². The fourth-order valence-corrected chi connectivity index (χ4v) is 3.53. The molecule has 2 aromatic rings. The summed E-state index contributed by atoms with van der Waals surface area (Å²) in [6, 6.07) is 6.79. The van der Waals surface area contributed by atoms with Crippen LogP contribution in [0.25, 0.3) is 10.8 Å². The molecule has 0 bridgehead atoms. The molecule has 0 radical (unpaired) electrons. The Morgan fingerprint density at radius 2 is 1.68 bits per heavy atom. The van der Waals surface area contributed by atoms with Gasteiger partial charge in [-0.3, -0.25) is 9.35 Å². The number of rotatable bonds is 10. The van der Waals surface area contributed by atoms with E-state index in [2.05, 4.69) is 12.2 Å². The molecule has 0 heterocycles. The van der Waals surface area contributed by atoms with Gasteiger partial charge in [-0.05, 0) is 41.5 Å². The van der Waals surface area contributed by atoms with Crippen LogP contribution >= 0.6 is 0 Å². The number of carbonyl (C=O) groups excluding carboxylic acids is 1. The molecular formula is C20H26NNaO5S. The fourth-order valence-electron chi connectivity index (χ4n) is 3.00. The number of carbonyl (C=O) groups is 1. The van der Waals surface area contributed by atoms with E-state index in [0.717, 1.165) is 25.3 Å². The van der Waals surface area contributed by atoms with Gasteiger partial charge in [0.25, 0.3) is 10.1 Å². The number of nitrogens with one attached hydrogen (secondary N) is 1. The van der Waals surface area contributed by atoms with Crippen molar-refractivity contribution in [3.8, 4) is 5.75 Å². The average Bonchev–Trinajstić information content (AvgIpc) is 2.60. The van der Waals surface area contributed by atoms with Crippen molar-refractivity contribution in [1.82, 2.24) is 0 Å². The summed E-state index contributed by atoms with van der Waals surface area (Å²) in [7, 11) is -4.46. The molecule has 0 fully saturated rings. The van der Waals surface area contributed by atoms with Crippen molar-refractivity contribution >= 4 is 32.5 Å². The molecular weight excluding hydrogens is 389 g/mol. The third kappa shape index (κ3) is 7.72. The first-order valence-corrected chi connectivity index (χ1v) is 10.8. The molecule has 0 unspecified atom stereocenters. The van der Waals surface area contributed by atoms with Gasteiger partial charge in [0.1, 0.15) is 0 Å². The van der Waals surface area contributed by atoms with Crippen LogP contribution in [0.2, 0.25) is 0 Å². The second-order valence-electron chi connectivity index (χ2n) is 6.75. The van der Waals surface area contributed by atoms with Crippen molar-refractivity contribution in [3.05, 3.63) is 30.3 Å². The molecule has 1 amide bonds. The van der Waals surface area contributed by atoms with Crippen LogP contribution in [0, 0.1) is 0 Å². The van der Waals surface area contributed by atoms with Crippen LogP contribution in [-0.4, -0.2) is 18.9 Å². The summed E-state index contributed by atoms with van der Waals surface area (Å²) in [6.45, 7) is 2.18. The zero-order valence-electron chi connectivity index (χ0n) is 16.5. The maximum atomic E-state index is 12.1. The number of hydrogen-bond donors (Lipinski definition) is 2. The molecule has 28 heavy (non-hydrogen) atoms. The monoisotopic (exact) mass is 415 g/mol. The number of anilines is 1. The van der Waals surface area contributed by atoms with E-state index in [1.54, 1.807) is 6.07 Å². The van der Waals surface area contributed by atoms with E-state index in [-0.39, 0.29) is 35.5 Å². The van der Waals surface area contributed by atoms with E-state index < -0.39 is 20.8 Å². The van der Waals surface area contributed by atoms with Gasteiger partial charge in [0.2, 0.25) is 5.91 Å². The third-order valence-corrected chi connectivity index (χ3v) is 5.31. The summed E-state index contributed by atoms with van der Waals surface area (Å²) < 4.78 is 31.7. The van der Waals surface area contributed by atoms with Crippen molar-refractivity contribution in [2.24, 2.45) is 0 Å². The van der Waals surface area contributed by atoms with E-state index in [9.17, 15) is 18.3 Å². The van der Waals surface area contributed by atoms with Crippen LogP contribution in [0.15, 0.2) is 35.2 Å². The minimum Gasteiger partial charge on any atom is -0.872 e. The Morgan fingerprint density at radius 1 is 1.04 bits per heavy atom. The quantitative estimate of drug-likeness (QED) is 0.345. The molecule has 0 saturated carbocycles. The Morgan fingerprint density at radius 3 is 2.32 bits per heavy atom. The van der Waals surface area contributed by atoms with Crippen LogP contribution in [-0.2, 0) is 14.9 Å². The minimum absolute atomic E-state index is 0. The first kappa shape index (κ1) is 24.9. The summed E-state index contributed by atoms with van der Waals surface area (Å²) in [5.41, 5.74) is 0.488. The van der Waals surface area contributed by atoms with Crippen molar-refractivity contribution in [2.45, 2.75) is 63.2 Å². The molecule has 0 atom stereocenters. The van der Waals surface area contributed by atoms with Crippen molar-refractivity contribution < 1.29 is 52.4 Å². The second kappa shape index (κ2) is 11.8. The third-order valence-electron chi connectivity index (χ3n) is 4.48. The van der Waals surface area contributed by atoms with Crippen LogP contribution in [0.5, 0.6) is 5.75 Å². The number of fused-ring (bicyclic) bond motifs is 1. The average molecular weight is 415 g/mol. The van der Waals surface area contributed by atoms with E-state index in [4.69, 9.17) is 4.55 Å². The van der Waals surface area contributed by atoms with Gasteiger partial charge in [-0.1, -0.05) is 57.3 Å². The number of hydrogen-bond acceptors (Lipinski definition) is 4. The predicted octanol–water partition coefficient (Wildman–Crippen LogP) is 1.24. The Hall–Kier alpha value is -1.12.